The highest BCUT2D eigenvalue weighted by Gasteiger charge is 2.31. The Kier molecular flexibility index (Phi) is 7.08. The molecule has 0 radical (unpaired) electrons. The number of halogens is 1. The van der Waals surface area contributed by atoms with Gasteiger partial charge in [-0.15, -0.1) is 0 Å². The quantitative estimate of drug-likeness (QED) is 0.417. The average Bonchev–Trinajstić information content (AvgIpc) is 2.89. The highest BCUT2D eigenvalue weighted by molar-refractivity contribution is 6.09. The summed E-state index contributed by atoms with van der Waals surface area (Å²) in [5, 5.41) is 3.20. The van der Waals surface area contributed by atoms with E-state index in [0.717, 1.165) is 18.4 Å². The predicted molar refractivity (Wildman–Crippen MR) is 143 cm³/mol. The zero-order chi connectivity index (χ0) is 25.9. The Labute approximate surface area is 217 Å². The molecule has 190 valence electrons. The minimum Gasteiger partial charge on any atom is -0.449 e. The van der Waals surface area contributed by atoms with E-state index in [-0.39, 0.29) is 36.0 Å². The van der Waals surface area contributed by atoms with Crippen molar-refractivity contribution in [1.29, 1.82) is 0 Å². The molecule has 0 bridgehead atoms. The lowest BCUT2D eigenvalue weighted by atomic mass is 9.78. The van der Waals surface area contributed by atoms with Crippen LogP contribution in [0.5, 0.6) is 5.75 Å². The SMILES string of the molecule is C[C@H]1[C@H](C)CCC[C@@H]1NC(=O)c1ccc(/C=C2\Oc3ccccc3N(Cc3cccc(F)c3)C2=O)cc1. The van der Waals surface area contributed by atoms with Crippen molar-refractivity contribution in [2.75, 3.05) is 4.90 Å². The monoisotopic (exact) mass is 498 g/mol. The lowest BCUT2D eigenvalue weighted by Crippen LogP contribution is -2.43. The average molecular weight is 499 g/mol. The maximum absolute atomic E-state index is 13.8. The third-order valence-electron chi connectivity index (χ3n) is 7.56. The summed E-state index contributed by atoms with van der Waals surface area (Å²) in [6, 6.07) is 20.9. The zero-order valence-electron chi connectivity index (χ0n) is 21.1. The number of nitrogens with one attached hydrogen (secondary N) is 1. The molecule has 2 amide bonds. The van der Waals surface area contributed by atoms with Crippen molar-refractivity contribution in [3.8, 4) is 5.75 Å². The molecule has 0 saturated heterocycles. The van der Waals surface area contributed by atoms with Crippen molar-refractivity contribution in [3.05, 3.63) is 101 Å². The molecule has 0 aromatic heterocycles. The third-order valence-corrected chi connectivity index (χ3v) is 7.56. The van der Waals surface area contributed by atoms with Gasteiger partial charge in [-0.25, -0.2) is 4.39 Å². The van der Waals surface area contributed by atoms with Crippen molar-refractivity contribution in [2.45, 2.75) is 45.7 Å². The fourth-order valence-electron chi connectivity index (χ4n) is 5.16. The summed E-state index contributed by atoms with van der Waals surface area (Å²) in [6.45, 7) is 4.67. The van der Waals surface area contributed by atoms with E-state index in [9.17, 15) is 14.0 Å². The van der Waals surface area contributed by atoms with Gasteiger partial charge in [0.2, 0.25) is 0 Å². The van der Waals surface area contributed by atoms with Crippen LogP contribution in [0, 0.1) is 17.7 Å². The Morgan fingerprint density at radius 2 is 1.84 bits per heavy atom. The van der Waals surface area contributed by atoms with Gasteiger partial charge in [0, 0.05) is 11.6 Å². The molecule has 1 aliphatic heterocycles. The lowest BCUT2D eigenvalue weighted by molar-refractivity contribution is -0.117. The number of para-hydroxylation sites is 2. The number of anilines is 1. The second-order valence-corrected chi connectivity index (χ2v) is 10.1. The summed E-state index contributed by atoms with van der Waals surface area (Å²) < 4.78 is 19.7. The third kappa shape index (κ3) is 5.43. The Bertz CT molecular complexity index is 1330. The lowest BCUT2D eigenvalue weighted by Gasteiger charge is -2.34. The van der Waals surface area contributed by atoms with E-state index in [1.807, 2.05) is 30.3 Å². The molecule has 0 unspecified atom stereocenters. The molecular formula is C31H31FN2O3. The topological polar surface area (TPSA) is 58.6 Å². The molecule has 1 saturated carbocycles. The first kappa shape index (κ1) is 24.8. The van der Waals surface area contributed by atoms with Gasteiger partial charge in [-0.2, -0.15) is 0 Å². The zero-order valence-corrected chi connectivity index (χ0v) is 21.1. The Morgan fingerprint density at radius 3 is 2.62 bits per heavy atom. The molecule has 3 atom stereocenters. The number of fused-ring (bicyclic) bond motifs is 1. The van der Waals surface area contributed by atoms with Gasteiger partial charge in [-0.1, -0.05) is 63.1 Å². The highest BCUT2D eigenvalue weighted by Crippen LogP contribution is 2.36. The van der Waals surface area contributed by atoms with E-state index in [1.165, 1.54) is 18.6 Å². The van der Waals surface area contributed by atoms with Gasteiger partial charge in [-0.3, -0.25) is 14.5 Å². The van der Waals surface area contributed by atoms with E-state index >= 15 is 0 Å². The first-order valence-corrected chi connectivity index (χ1v) is 12.8. The number of carbonyl (C=O) groups is 2. The van der Waals surface area contributed by atoms with Gasteiger partial charge in [-0.05, 0) is 71.9 Å². The molecule has 6 heteroatoms. The minimum atomic E-state index is -0.348. The first-order chi connectivity index (χ1) is 17.9. The number of benzene rings is 3. The maximum Gasteiger partial charge on any atom is 0.294 e. The minimum absolute atomic E-state index is 0.0784. The summed E-state index contributed by atoms with van der Waals surface area (Å²) in [4.78, 5) is 27.9. The molecule has 0 spiro atoms. The standard InChI is InChI=1S/C31H31FN2O3/c1-20-7-5-10-26(21(20)2)33-30(35)24-15-13-22(14-16-24)18-29-31(36)34(19-23-8-6-9-25(32)17-23)27-11-3-4-12-28(27)37-29/h3-4,6,8-9,11-18,20-21,26H,5,7,10,19H2,1-2H3,(H,33,35)/b29-18-/t20-,21+,26+/m1/s1. The molecule has 5 rings (SSSR count). The van der Waals surface area contributed by atoms with Crippen molar-refractivity contribution in [3.63, 3.8) is 0 Å². The number of hydrogen-bond donors (Lipinski definition) is 1. The largest absolute Gasteiger partial charge is 0.449 e. The van der Waals surface area contributed by atoms with Crippen molar-refractivity contribution in [1.82, 2.24) is 5.32 Å². The highest BCUT2D eigenvalue weighted by atomic mass is 19.1. The summed E-state index contributed by atoms with van der Waals surface area (Å²) in [5.41, 5.74) is 2.64. The summed E-state index contributed by atoms with van der Waals surface area (Å²) in [5.74, 6) is 1.03. The van der Waals surface area contributed by atoms with Crippen LogP contribution in [0.2, 0.25) is 0 Å². The number of carbonyl (C=O) groups excluding carboxylic acids is 2. The fraction of sp³-hybridized carbons (Fsp3) is 0.290. The second kappa shape index (κ2) is 10.6. The van der Waals surface area contributed by atoms with E-state index < -0.39 is 0 Å². The van der Waals surface area contributed by atoms with Crippen LogP contribution in [0.4, 0.5) is 10.1 Å². The van der Waals surface area contributed by atoms with Gasteiger partial charge in [0.1, 0.15) is 5.82 Å². The normalized spacial score (nSPS) is 22.4. The fourth-order valence-corrected chi connectivity index (χ4v) is 5.16. The van der Waals surface area contributed by atoms with Crippen LogP contribution in [0.15, 0.2) is 78.6 Å². The Morgan fingerprint density at radius 1 is 1.05 bits per heavy atom. The molecule has 5 nitrogen and oxygen atoms in total. The first-order valence-electron chi connectivity index (χ1n) is 12.8. The molecule has 1 heterocycles. The van der Waals surface area contributed by atoms with Crippen molar-refractivity contribution < 1.29 is 18.7 Å². The second-order valence-electron chi connectivity index (χ2n) is 10.1. The molecule has 3 aromatic rings. The van der Waals surface area contributed by atoms with Crippen LogP contribution < -0.4 is 15.0 Å². The number of ether oxygens (including phenoxy) is 1. The molecule has 3 aromatic carbocycles. The van der Waals surface area contributed by atoms with Crippen LogP contribution in [0.25, 0.3) is 6.08 Å². The van der Waals surface area contributed by atoms with Crippen LogP contribution >= 0.6 is 0 Å². The molecule has 2 aliphatic rings. The molecule has 1 N–H and O–H groups in total. The van der Waals surface area contributed by atoms with Gasteiger partial charge in [0.25, 0.3) is 11.8 Å². The van der Waals surface area contributed by atoms with Crippen LogP contribution in [0.3, 0.4) is 0 Å². The van der Waals surface area contributed by atoms with Crippen molar-refractivity contribution in [2.24, 2.45) is 11.8 Å². The van der Waals surface area contributed by atoms with E-state index in [0.29, 0.717) is 34.4 Å². The number of hydrogen-bond acceptors (Lipinski definition) is 3. The molecule has 1 aliphatic carbocycles. The molecular weight excluding hydrogens is 467 g/mol. The summed E-state index contributed by atoms with van der Waals surface area (Å²) >= 11 is 0. The van der Waals surface area contributed by atoms with Crippen molar-refractivity contribution >= 4 is 23.6 Å². The summed E-state index contributed by atoms with van der Waals surface area (Å²) in [7, 11) is 0. The van der Waals surface area contributed by atoms with E-state index in [2.05, 4.69) is 19.2 Å². The predicted octanol–water partition coefficient (Wildman–Crippen LogP) is 6.35. The molecule has 1 fully saturated rings. The number of amides is 2. The van der Waals surface area contributed by atoms with Crippen LogP contribution in [0.1, 0.15) is 54.6 Å². The number of rotatable bonds is 5. The number of nitrogens with zero attached hydrogens (tertiary/aromatic N) is 1. The van der Waals surface area contributed by atoms with Gasteiger partial charge in [0.05, 0.1) is 12.2 Å². The molecule has 37 heavy (non-hydrogen) atoms. The Hall–Kier alpha value is -3.93. The van der Waals surface area contributed by atoms with Gasteiger partial charge < -0.3 is 10.1 Å². The Balaban J connectivity index is 1.34. The van der Waals surface area contributed by atoms with Crippen LogP contribution in [-0.2, 0) is 11.3 Å². The van der Waals surface area contributed by atoms with Crippen LogP contribution in [-0.4, -0.2) is 17.9 Å². The van der Waals surface area contributed by atoms with E-state index in [1.54, 1.807) is 41.3 Å². The maximum atomic E-state index is 13.8. The van der Waals surface area contributed by atoms with Gasteiger partial charge >= 0.3 is 0 Å². The smallest absolute Gasteiger partial charge is 0.294 e. The summed E-state index contributed by atoms with van der Waals surface area (Å²) in [6.07, 6.45) is 5.02. The van der Waals surface area contributed by atoms with Gasteiger partial charge in [0.15, 0.2) is 11.5 Å². The van der Waals surface area contributed by atoms with E-state index in [4.69, 9.17) is 4.74 Å².